The maximum absolute atomic E-state index is 12.8. The summed E-state index contributed by atoms with van der Waals surface area (Å²) in [5, 5.41) is 9.72. The standard InChI is InChI=1S/C14H19F3N4/c1-9(11-8-18-20-13(11)14(15,16)17)4-5-10(2)12-6-7-19-21(12)3/h6-10H,4-5H2,1-3H3,(H,18,20). The van der Waals surface area contributed by atoms with E-state index in [4.69, 9.17) is 0 Å². The van der Waals surface area contributed by atoms with Crippen LogP contribution in [0.25, 0.3) is 0 Å². The quantitative estimate of drug-likeness (QED) is 0.911. The van der Waals surface area contributed by atoms with Crippen LogP contribution >= 0.6 is 0 Å². The highest BCUT2D eigenvalue weighted by Crippen LogP contribution is 2.35. The van der Waals surface area contributed by atoms with E-state index in [0.29, 0.717) is 6.42 Å². The zero-order valence-corrected chi connectivity index (χ0v) is 12.3. The fourth-order valence-electron chi connectivity index (χ4n) is 2.57. The first-order valence-electron chi connectivity index (χ1n) is 6.89. The molecule has 2 aromatic heterocycles. The van der Waals surface area contributed by atoms with E-state index in [2.05, 4.69) is 22.2 Å². The molecule has 21 heavy (non-hydrogen) atoms. The summed E-state index contributed by atoms with van der Waals surface area (Å²) in [5.41, 5.74) is 0.591. The molecule has 0 saturated carbocycles. The summed E-state index contributed by atoms with van der Waals surface area (Å²) >= 11 is 0. The molecule has 0 aromatic carbocycles. The molecule has 2 rings (SSSR count). The lowest BCUT2D eigenvalue weighted by Crippen LogP contribution is -2.11. The predicted octanol–water partition coefficient (Wildman–Crippen LogP) is 3.85. The Morgan fingerprint density at radius 1 is 1.24 bits per heavy atom. The maximum atomic E-state index is 12.8. The molecule has 116 valence electrons. The van der Waals surface area contributed by atoms with Crippen molar-refractivity contribution in [3.8, 4) is 0 Å². The zero-order valence-electron chi connectivity index (χ0n) is 12.3. The number of aromatic nitrogens is 4. The van der Waals surface area contributed by atoms with Gasteiger partial charge in [0.15, 0.2) is 0 Å². The van der Waals surface area contributed by atoms with Crippen molar-refractivity contribution in [2.45, 2.75) is 44.7 Å². The van der Waals surface area contributed by atoms with Gasteiger partial charge in [0.2, 0.25) is 0 Å². The number of rotatable bonds is 5. The van der Waals surface area contributed by atoms with Gasteiger partial charge in [-0.2, -0.15) is 23.4 Å². The highest BCUT2D eigenvalue weighted by Gasteiger charge is 2.36. The Kier molecular flexibility index (Phi) is 4.39. The van der Waals surface area contributed by atoms with E-state index in [9.17, 15) is 13.2 Å². The molecule has 2 aromatic rings. The molecular weight excluding hydrogens is 281 g/mol. The Morgan fingerprint density at radius 3 is 2.48 bits per heavy atom. The molecule has 0 saturated heterocycles. The first-order chi connectivity index (χ1) is 9.80. The number of hydrogen-bond donors (Lipinski definition) is 1. The van der Waals surface area contributed by atoms with Crippen molar-refractivity contribution < 1.29 is 13.2 Å². The third-order valence-electron chi connectivity index (χ3n) is 3.88. The van der Waals surface area contributed by atoms with Gasteiger partial charge in [-0.1, -0.05) is 13.8 Å². The van der Waals surface area contributed by atoms with Gasteiger partial charge in [0.05, 0.1) is 6.20 Å². The highest BCUT2D eigenvalue weighted by molar-refractivity contribution is 5.23. The fraction of sp³-hybridized carbons (Fsp3) is 0.571. The van der Waals surface area contributed by atoms with Gasteiger partial charge in [-0.05, 0) is 30.7 Å². The minimum absolute atomic E-state index is 0.198. The van der Waals surface area contributed by atoms with Crippen molar-refractivity contribution in [2.75, 3.05) is 0 Å². The minimum Gasteiger partial charge on any atom is -0.273 e. The summed E-state index contributed by atoms with van der Waals surface area (Å²) in [5.74, 6) is 0.0530. The molecule has 4 nitrogen and oxygen atoms in total. The van der Waals surface area contributed by atoms with Crippen LogP contribution in [0, 0.1) is 0 Å². The van der Waals surface area contributed by atoms with E-state index in [1.807, 2.05) is 13.1 Å². The van der Waals surface area contributed by atoms with Crippen molar-refractivity contribution >= 4 is 0 Å². The van der Waals surface area contributed by atoms with Crippen LogP contribution in [0.1, 0.15) is 55.5 Å². The Morgan fingerprint density at radius 2 is 1.90 bits per heavy atom. The van der Waals surface area contributed by atoms with Crippen LogP contribution in [0.5, 0.6) is 0 Å². The van der Waals surface area contributed by atoms with Crippen LogP contribution < -0.4 is 0 Å². The second kappa shape index (κ2) is 5.91. The van der Waals surface area contributed by atoms with Gasteiger partial charge in [-0.3, -0.25) is 9.78 Å². The summed E-state index contributed by atoms with van der Waals surface area (Å²) in [6.07, 6.45) is 0.0845. The average Bonchev–Trinajstić information content (AvgIpc) is 3.03. The number of H-pyrrole nitrogens is 1. The predicted molar refractivity (Wildman–Crippen MR) is 72.9 cm³/mol. The molecule has 7 heteroatoms. The summed E-state index contributed by atoms with van der Waals surface area (Å²) < 4.78 is 40.3. The van der Waals surface area contributed by atoms with Crippen LogP contribution in [-0.4, -0.2) is 20.0 Å². The number of nitrogens with zero attached hydrogens (tertiary/aromatic N) is 3. The third kappa shape index (κ3) is 3.46. The van der Waals surface area contributed by atoms with E-state index < -0.39 is 11.9 Å². The molecule has 0 amide bonds. The molecule has 2 atom stereocenters. The van der Waals surface area contributed by atoms with Crippen LogP contribution in [0.15, 0.2) is 18.5 Å². The Bertz CT molecular complexity index is 585. The average molecular weight is 300 g/mol. The summed E-state index contributed by atoms with van der Waals surface area (Å²) in [6.45, 7) is 3.86. The first kappa shape index (κ1) is 15.6. The van der Waals surface area contributed by atoms with Gasteiger partial charge in [-0.25, -0.2) is 0 Å². The van der Waals surface area contributed by atoms with E-state index in [1.165, 1.54) is 6.20 Å². The third-order valence-corrected chi connectivity index (χ3v) is 3.88. The smallest absolute Gasteiger partial charge is 0.273 e. The summed E-state index contributed by atoms with van der Waals surface area (Å²) in [7, 11) is 1.87. The van der Waals surface area contributed by atoms with Crippen molar-refractivity contribution in [1.29, 1.82) is 0 Å². The molecule has 0 fully saturated rings. The van der Waals surface area contributed by atoms with Gasteiger partial charge in [0.25, 0.3) is 0 Å². The number of alkyl halides is 3. The van der Waals surface area contributed by atoms with Crippen LogP contribution in [-0.2, 0) is 13.2 Å². The highest BCUT2D eigenvalue weighted by atomic mass is 19.4. The van der Waals surface area contributed by atoms with Crippen LogP contribution in [0.3, 0.4) is 0 Å². The van der Waals surface area contributed by atoms with Crippen molar-refractivity contribution in [1.82, 2.24) is 20.0 Å². The fourth-order valence-corrected chi connectivity index (χ4v) is 2.57. The molecule has 0 spiro atoms. The normalized spacial score (nSPS) is 15.1. The zero-order chi connectivity index (χ0) is 15.6. The number of hydrogen-bond acceptors (Lipinski definition) is 2. The lowest BCUT2D eigenvalue weighted by Gasteiger charge is -2.17. The largest absolute Gasteiger partial charge is 0.433 e. The molecule has 0 bridgehead atoms. The molecule has 1 N–H and O–H groups in total. The van der Waals surface area contributed by atoms with Gasteiger partial charge >= 0.3 is 6.18 Å². The Hall–Kier alpha value is -1.79. The molecule has 2 unspecified atom stereocenters. The number of halogens is 3. The Balaban J connectivity index is 2.01. The lowest BCUT2D eigenvalue weighted by molar-refractivity contribution is -0.142. The van der Waals surface area contributed by atoms with Crippen molar-refractivity contribution in [3.05, 3.63) is 35.4 Å². The van der Waals surface area contributed by atoms with Crippen molar-refractivity contribution in [2.24, 2.45) is 7.05 Å². The molecular formula is C14H19F3N4. The monoisotopic (exact) mass is 300 g/mol. The lowest BCUT2D eigenvalue weighted by atomic mass is 9.91. The minimum atomic E-state index is -4.38. The number of aryl methyl sites for hydroxylation is 1. The SMILES string of the molecule is CC(CCC(C)c1ccnn1C)c1cn[nH]c1C(F)(F)F. The van der Waals surface area contributed by atoms with Crippen molar-refractivity contribution in [3.63, 3.8) is 0 Å². The number of nitrogens with one attached hydrogen (secondary N) is 1. The van der Waals surface area contributed by atoms with E-state index >= 15 is 0 Å². The van der Waals surface area contributed by atoms with Gasteiger partial charge in [0, 0.05) is 24.5 Å². The first-order valence-corrected chi connectivity index (χ1v) is 6.89. The Labute approximate surface area is 121 Å². The molecule has 0 aliphatic heterocycles. The van der Waals surface area contributed by atoms with Gasteiger partial charge < -0.3 is 0 Å². The van der Waals surface area contributed by atoms with E-state index in [-0.39, 0.29) is 17.4 Å². The molecule has 2 heterocycles. The van der Waals surface area contributed by atoms with E-state index in [1.54, 1.807) is 17.8 Å². The van der Waals surface area contributed by atoms with Gasteiger partial charge in [-0.15, -0.1) is 0 Å². The molecule has 0 aliphatic rings. The second-order valence-corrected chi connectivity index (χ2v) is 5.46. The van der Waals surface area contributed by atoms with E-state index in [0.717, 1.165) is 12.1 Å². The molecule has 0 aliphatic carbocycles. The summed E-state index contributed by atoms with van der Waals surface area (Å²) in [4.78, 5) is 0. The second-order valence-electron chi connectivity index (χ2n) is 5.46. The molecule has 0 radical (unpaired) electrons. The summed E-state index contributed by atoms with van der Waals surface area (Å²) in [6, 6.07) is 1.94. The van der Waals surface area contributed by atoms with Crippen LogP contribution in [0.2, 0.25) is 0 Å². The van der Waals surface area contributed by atoms with Crippen LogP contribution in [0.4, 0.5) is 13.2 Å². The number of aromatic amines is 1. The topological polar surface area (TPSA) is 46.5 Å². The van der Waals surface area contributed by atoms with Gasteiger partial charge in [0.1, 0.15) is 5.69 Å². The maximum Gasteiger partial charge on any atom is 0.433 e.